The average molecular weight is 247 g/mol. The number of hydrogen-bond acceptors (Lipinski definition) is 3. The summed E-state index contributed by atoms with van der Waals surface area (Å²) in [6.07, 6.45) is -0.139. The molecule has 2 atom stereocenters. The molecule has 0 aliphatic rings. The van der Waals surface area contributed by atoms with Crippen molar-refractivity contribution in [1.29, 1.82) is 0 Å². The molecule has 0 radical (unpaired) electrons. The van der Waals surface area contributed by atoms with Crippen molar-refractivity contribution in [2.75, 3.05) is 0 Å². The normalized spacial score (nSPS) is 14.6. The first-order chi connectivity index (χ1) is 8.50. The second kappa shape index (κ2) is 4.80. The van der Waals surface area contributed by atoms with Crippen LogP contribution in [0.2, 0.25) is 0 Å². The Morgan fingerprint density at radius 3 is 2.72 bits per heavy atom. The van der Waals surface area contributed by atoms with Crippen LogP contribution in [0.3, 0.4) is 0 Å². The second-order valence-electron chi connectivity index (χ2n) is 4.50. The third kappa shape index (κ3) is 2.23. The van der Waals surface area contributed by atoms with Crippen molar-refractivity contribution in [3.8, 4) is 0 Å². The van der Waals surface area contributed by atoms with E-state index >= 15 is 0 Å². The zero-order chi connectivity index (χ0) is 13.3. The van der Waals surface area contributed by atoms with Crippen LogP contribution < -0.4 is 11.5 Å². The lowest BCUT2D eigenvalue weighted by molar-refractivity contribution is -0.137. The summed E-state index contributed by atoms with van der Waals surface area (Å²) < 4.78 is 0. The van der Waals surface area contributed by atoms with E-state index < -0.39 is 18.1 Å². The number of aromatic amines is 1. The van der Waals surface area contributed by atoms with E-state index in [1.807, 2.05) is 31.2 Å². The number of aliphatic carboxylic acids is 1. The van der Waals surface area contributed by atoms with E-state index in [2.05, 4.69) is 4.98 Å². The van der Waals surface area contributed by atoms with Gasteiger partial charge in [-0.05, 0) is 18.6 Å². The van der Waals surface area contributed by atoms with E-state index in [0.717, 1.165) is 22.2 Å². The lowest BCUT2D eigenvalue weighted by Crippen LogP contribution is -2.36. The number of aromatic nitrogens is 1. The largest absolute Gasteiger partial charge is 0.481 e. The summed E-state index contributed by atoms with van der Waals surface area (Å²) in [5.41, 5.74) is 14.8. The summed E-state index contributed by atoms with van der Waals surface area (Å²) in [5, 5.41) is 9.77. The monoisotopic (exact) mass is 247 g/mol. The van der Waals surface area contributed by atoms with Gasteiger partial charge >= 0.3 is 5.97 Å². The molecular formula is C13H17N3O2. The van der Waals surface area contributed by atoms with Gasteiger partial charge in [-0.25, -0.2) is 0 Å². The number of aryl methyl sites for hydroxylation is 1. The first kappa shape index (κ1) is 12.6. The van der Waals surface area contributed by atoms with Crippen LogP contribution in [0.5, 0.6) is 0 Å². The summed E-state index contributed by atoms with van der Waals surface area (Å²) in [7, 11) is 0. The molecule has 0 aliphatic heterocycles. The molecule has 96 valence electrons. The fraction of sp³-hybridized carbons (Fsp3) is 0.308. The topological polar surface area (TPSA) is 105 Å². The number of H-pyrrole nitrogens is 1. The van der Waals surface area contributed by atoms with Gasteiger partial charge in [0.15, 0.2) is 0 Å². The highest BCUT2D eigenvalue weighted by Gasteiger charge is 2.22. The molecule has 0 spiro atoms. The fourth-order valence-electron chi connectivity index (χ4n) is 2.27. The minimum Gasteiger partial charge on any atom is -0.481 e. The van der Waals surface area contributed by atoms with Crippen LogP contribution in [-0.2, 0) is 4.79 Å². The molecule has 2 rings (SSSR count). The molecule has 0 aliphatic carbocycles. The number of para-hydroxylation sites is 1. The molecule has 0 fully saturated rings. The lowest BCUT2D eigenvalue weighted by atomic mass is 9.96. The summed E-state index contributed by atoms with van der Waals surface area (Å²) in [6, 6.07) is 6.69. The van der Waals surface area contributed by atoms with E-state index in [9.17, 15) is 4.79 Å². The molecule has 0 bridgehead atoms. The maximum absolute atomic E-state index is 10.7. The number of nitrogens with two attached hydrogens (primary N) is 2. The van der Waals surface area contributed by atoms with E-state index in [-0.39, 0.29) is 6.42 Å². The van der Waals surface area contributed by atoms with Crippen molar-refractivity contribution in [3.05, 3.63) is 35.5 Å². The van der Waals surface area contributed by atoms with Crippen LogP contribution in [0.1, 0.15) is 23.7 Å². The maximum atomic E-state index is 10.7. The Morgan fingerprint density at radius 2 is 2.06 bits per heavy atom. The van der Waals surface area contributed by atoms with Crippen LogP contribution >= 0.6 is 0 Å². The van der Waals surface area contributed by atoms with Gasteiger partial charge in [0, 0.05) is 28.7 Å². The number of nitrogens with one attached hydrogen (secondary N) is 1. The fourth-order valence-corrected chi connectivity index (χ4v) is 2.27. The number of fused-ring (bicyclic) bond motifs is 1. The van der Waals surface area contributed by atoms with Gasteiger partial charge in [-0.3, -0.25) is 4.79 Å². The minimum atomic E-state index is -0.935. The van der Waals surface area contributed by atoms with Crippen molar-refractivity contribution in [3.63, 3.8) is 0 Å². The SMILES string of the molecule is Cc1[nH]c2ccccc2c1C(N)C(N)CC(=O)O. The molecule has 1 aromatic heterocycles. The Labute approximate surface area is 105 Å². The van der Waals surface area contributed by atoms with Crippen molar-refractivity contribution in [2.45, 2.75) is 25.4 Å². The molecule has 1 heterocycles. The molecular weight excluding hydrogens is 230 g/mol. The van der Waals surface area contributed by atoms with Gasteiger partial charge in [0.2, 0.25) is 0 Å². The second-order valence-corrected chi connectivity index (χ2v) is 4.50. The van der Waals surface area contributed by atoms with E-state index in [4.69, 9.17) is 16.6 Å². The first-order valence-electron chi connectivity index (χ1n) is 5.81. The van der Waals surface area contributed by atoms with Crippen molar-refractivity contribution < 1.29 is 9.90 Å². The number of rotatable bonds is 4. The van der Waals surface area contributed by atoms with E-state index in [1.165, 1.54) is 0 Å². The van der Waals surface area contributed by atoms with Gasteiger partial charge in [0.1, 0.15) is 0 Å². The smallest absolute Gasteiger partial charge is 0.304 e. The third-order valence-electron chi connectivity index (χ3n) is 3.15. The minimum absolute atomic E-state index is 0.139. The van der Waals surface area contributed by atoms with E-state index in [0.29, 0.717) is 0 Å². The van der Waals surface area contributed by atoms with Gasteiger partial charge in [0.05, 0.1) is 6.42 Å². The van der Waals surface area contributed by atoms with Gasteiger partial charge < -0.3 is 21.6 Å². The first-order valence-corrected chi connectivity index (χ1v) is 5.81. The Kier molecular flexibility index (Phi) is 3.36. The molecule has 0 amide bonds. The Bertz CT molecular complexity index is 577. The lowest BCUT2D eigenvalue weighted by Gasteiger charge is -2.19. The molecule has 18 heavy (non-hydrogen) atoms. The predicted octanol–water partition coefficient (Wildman–Crippen LogP) is 1.28. The number of carbonyl (C=O) groups is 1. The zero-order valence-electron chi connectivity index (χ0n) is 10.2. The number of hydrogen-bond donors (Lipinski definition) is 4. The summed E-state index contributed by atoms with van der Waals surface area (Å²) in [5.74, 6) is -0.935. The summed E-state index contributed by atoms with van der Waals surface area (Å²) in [4.78, 5) is 13.9. The van der Waals surface area contributed by atoms with Gasteiger partial charge in [-0.2, -0.15) is 0 Å². The Hall–Kier alpha value is -1.85. The Morgan fingerprint density at radius 1 is 1.39 bits per heavy atom. The van der Waals surface area contributed by atoms with Gasteiger partial charge in [-0.15, -0.1) is 0 Å². The molecule has 2 aromatic rings. The third-order valence-corrected chi connectivity index (χ3v) is 3.15. The van der Waals surface area contributed by atoms with Crippen LogP contribution in [0, 0.1) is 6.92 Å². The highest BCUT2D eigenvalue weighted by molar-refractivity contribution is 5.85. The van der Waals surface area contributed by atoms with Crippen molar-refractivity contribution in [2.24, 2.45) is 11.5 Å². The molecule has 6 N–H and O–H groups in total. The molecule has 5 heteroatoms. The molecule has 0 saturated carbocycles. The Balaban J connectivity index is 2.40. The highest BCUT2D eigenvalue weighted by atomic mass is 16.4. The van der Waals surface area contributed by atoms with Crippen LogP contribution in [0.25, 0.3) is 10.9 Å². The molecule has 1 aromatic carbocycles. The zero-order valence-corrected chi connectivity index (χ0v) is 10.2. The summed E-state index contributed by atoms with van der Waals surface area (Å²) >= 11 is 0. The maximum Gasteiger partial charge on any atom is 0.304 e. The average Bonchev–Trinajstić information content (AvgIpc) is 2.63. The van der Waals surface area contributed by atoms with Crippen LogP contribution in [-0.4, -0.2) is 22.1 Å². The molecule has 2 unspecified atom stereocenters. The number of carboxylic acids is 1. The van der Waals surface area contributed by atoms with Gasteiger partial charge in [-0.1, -0.05) is 18.2 Å². The highest BCUT2D eigenvalue weighted by Crippen LogP contribution is 2.28. The standard InChI is InChI=1S/C13H17N3O2/c1-7-12(13(15)9(14)6-11(17)18)8-4-2-3-5-10(8)16-7/h2-5,9,13,16H,6,14-15H2,1H3,(H,17,18). The predicted molar refractivity (Wildman–Crippen MR) is 70.2 cm³/mol. The molecule has 0 saturated heterocycles. The summed E-state index contributed by atoms with van der Waals surface area (Å²) in [6.45, 7) is 1.92. The van der Waals surface area contributed by atoms with Crippen molar-refractivity contribution >= 4 is 16.9 Å². The number of benzene rings is 1. The van der Waals surface area contributed by atoms with E-state index in [1.54, 1.807) is 0 Å². The molecule has 5 nitrogen and oxygen atoms in total. The van der Waals surface area contributed by atoms with Crippen LogP contribution in [0.4, 0.5) is 0 Å². The van der Waals surface area contributed by atoms with Crippen molar-refractivity contribution in [1.82, 2.24) is 4.98 Å². The van der Waals surface area contributed by atoms with Gasteiger partial charge in [0.25, 0.3) is 0 Å². The van der Waals surface area contributed by atoms with Crippen LogP contribution in [0.15, 0.2) is 24.3 Å². The number of carboxylic acid groups (broad SMARTS) is 1. The quantitative estimate of drug-likeness (QED) is 0.653.